The van der Waals surface area contributed by atoms with Gasteiger partial charge in [0.2, 0.25) is 0 Å². The van der Waals surface area contributed by atoms with Gasteiger partial charge in [0.1, 0.15) is 0 Å². The number of benzene rings is 3. The summed E-state index contributed by atoms with van der Waals surface area (Å²) in [7, 11) is 0. The molecule has 2 heteroatoms. The van der Waals surface area contributed by atoms with Crippen LogP contribution >= 0.6 is 0 Å². The van der Waals surface area contributed by atoms with Gasteiger partial charge in [-0.15, -0.1) is 0 Å². The summed E-state index contributed by atoms with van der Waals surface area (Å²) in [5.74, 6) is -0.0280. The topological polar surface area (TPSA) is 32.6 Å². The van der Waals surface area contributed by atoms with E-state index in [9.17, 15) is 5.21 Å². The van der Waals surface area contributed by atoms with Gasteiger partial charge in [0, 0.05) is 5.56 Å². The van der Waals surface area contributed by atoms with Crippen molar-refractivity contribution in [3.05, 3.63) is 95.6 Å². The summed E-state index contributed by atoms with van der Waals surface area (Å²) < 4.78 is 0. The van der Waals surface area contributed by atoms with Crippen molar-refractivity contribution in [2.24, 2.45) is 5.16 Å². The third-order valence-corrected chi connectivity index (χ3v) is 4.28. The lowest BCUT2D eigenvalue weighted by molar-refractivity contribution is 0.317. The third kappa shape index (κ3) is 1.85. The van der Waals surface area contributed by atoms with Gasteiger partial charge in [0.05, 0.1) is 11.6 Å². The second kappa shape index (κ2) is 5.15. The predicted octanol–water partition coefficient (Wildman–Crippen LogP) is 4.68. The van der Waals surface area contributed by atoms with Crippen molar-refractivity contribution < 1.29 is 5.21 Å². The second-order valence-electron chi connectivity index (χ2n) is 5.46. The Morgan fingerprint density at radius 2 is 1.18 bits per heavy atom. The number of nitrogens with zero attached hydrogens (tertiary/aromatic N) is 1. The lowest BCUT2D eigenvalue weighted by atomic mass is 9.88. The van der Waals surface area contributed by atoms with Crippen molar-refractivity contribution in [3.63, 3.8) is 0 Å². The van der Waals surface area contributed by atoms with Crippen LogP contribution in [0.1, 0.15) is 22.6 Å². The second-order valence-corrected chi connectivity index (χ2v) is 5.46. The normalized spacial score (nSPS) is 13.7. The number of hydrogen-bond acceptors (Lipinski definition) is 2. The van der Waals surface area contributed by atoms with Gasteiger partial charge in [-0.2, -0.15) is 0 Å². The Labute approximate surface area is 129 Å². The highest BCUT2D eigenvalue weighted by molar-refractivity contribution is 6.10. The van der Waals surface area contributed by atoms with Crippen molar-refractivity contribution in [1.29, 1.82) is 0 Å². The fraction of sp³-hybridized carbons (Fsp3) is 0.0500. The number of hydrogen-bond donors (Lipinski definition) is 1. The Hall–Kier alpha value is -2.87. The van der Waals surface area contributed by atoms with Gasteiger partial charge in [-0.25, -0.2) is 0 Å². The molecule has 0 saturated heterocycles. The summed E-state index contributed by atoms with van der Waals surface area (Å²) >= 11 is 0. The van der Waals surface area contributed by atoms with Crippen molar-refractivity contribution in [1.82, 2.24) is 0 Å². The summed E-state index contributed by atoms with van der Waals surface area (Å²) in [5.41, 5.74) is 6.47. The first-order chi connectivity index (χ1) is 10.9. The van der Waals surface area contributed by atoms with E-state index in [2.05, 4.69) is 41.6 Å². The molecule has 0 atom stereocenters. The maximum Gasteiger partial charge on any atom is 0.0986 e. The molecule has 0 aliphatic heterocycles. The van der Waals surface area contributed by atoms with E-state index in [4.69, 9.17) is 0 Å². The molecule has 22 heavy (non-hydrogen) atoms. The van der Waals surface area contributed by atoms with Crippen LogP contribution in [0.25, 0.3) is 11.1 Å². The molecule has 0 amide bonds. The molecule has 0 bridgehead atoms. The quantitative estimate of drug-likeness (QED) is 0.414. The summed E-state index contributed by atoms with van der Waals surface area (Å²) in [5, 5.41) is 13.3. The fourth-order valence-corrected chi connectivity index (χ4v) is 3.34. The van der Waals surface area contributed by atoms with Crippen LogP contribution in [0.2, 0.25) is 0 Å². The predicted molar refractivity (Wildman–Crippen MR) is 88.5 cm³/mol. The number of oxime groups is 1. The molecule has 0 spiro atoms. The van der Waals surface area contributed by atoms with Crippen molar-refractivity contribution in [2.75, 3.05) is 0 Å². The zero-order chi connectivity index (χ0) is 14.9. The van der Waals surface area contributed by atoms with E-state index in [1.807, 2.05) is 42.5 Å². The first-order valence-electron chi connectivity index (χ1n) is 7.36. The van der Waals surface area contributed by atoms with E-state index >= 15 is 0 Å². The van der Waals surface area contributed by atoms with E-state index in [1.54, 1.807) is 0 Å². The first-order valence-corrected chi connectivity index (χ1v) is 7.36. The molecule has 0 fully saturated rings. The van der Waals surface area contributed by atoms with Crippen LogP contribution in [0.15, 0.2) is 84.0 Å². The maximum atomic E-state index is 9.68. The van der Waals surface area contributed by atoms with Crippen LogP contribution in [-0.2, 0) is 0 Å². The van der Waals surface area contributed by atoms with E-state index < -0.39 is 0 Å². The average molecular weight is 285 g/mol. The van der Waals surface area contributed by atoms with Crippen LogP contribution in [0.3, 0.4) is 0 Å². The van der Waals surface area contributed by atoms with Gasteiger partial charge < -0.3 is 5.21 Å². The highest BCUT2D eigenvalue weighted by Crippen LogP contribution is 2.46. The Bertz CT molecular complexity index is 807. The minimum Gasteiger partial charge on any atom is -0.411 e. The Morgan fingerprint density at radius 3 is 1.73 bits per heavy atom. The van der Waals surface area contributed by atoms with E-state index in [-0.39, 0.29) is 5.92 Å². The van der Waals surface area contributed by atoms with Gasteiger partial charge in [0.25, 0.3) is 0 Å². The molecular weight excluding hydrogens is 270 g/mol. The Kier molecular flexibility index (Phi) is 3.01. The molecule has 4 rings (SSSR count). The molecular formula is C20H15NO. The largest absolute Gasteiger partial charge is 0.411 e. The average Bonchev–Trinajstić information content (AvgIpc) is 2.92. The monoisotopic (exact) mass is 285 g/mol. The maximum absolute atomic E-state index is 9.68. The van der Waals surface area contributed by atoms with E-state index in [0.29, 0.717) is 5.71 Å². The Balaban J connectivity index is 1.95. The standard InChI is InChI=1S/C20H15NO/c22-21-20(14-8-2-1-3-9-14)19-17-12-6-4-10-15(17)16-11-5-7-13-18(16)19/h1-13,19,22H/b21-20+. The zero-order valence-electron chi connectivity index (χ0n) is 12.0. The van der Waals surface area contributed by atoms with Crippen molar-refractivity contribution in [3.8, 4) is 11.1 Å². The van der Waals surface area contributed by atoms with Crippen LogP contribution < -0.4 is 0 Å². The van der Waals surface area contributed by atoms with Crippen LogP contribution in [0.4, 0.5) is 0 Å². The minimum atomic E-state index is -0.0280. The molecule has 1 aliphatic rings. The van der Waals surface area contributed by atoms with E-state index in [1.165, 1.54) is 22.3 Å². The summed E-state index contributed by atoms with van der Waals surface area (Å²) in [6, 6.07) is 26.6. The van der Waals surface area contributed by atoms with Crippen LogP contribution in [0, 0.1) is 0 Å². The summed E-state index contributed by atoms with van der Waals surface area (Å²) in [4.78, 5) is 0. The van der Waals surface area contributed by atoms with Crippen molar-refractivity contribution >= 4 is 5.71 Å². The lowest BCUT2D eigenvalue weighted by Crippen LogP contribution is -2.13. The molecule has 106 valence electrons. The van der Waals surface area contributed by atoms with E-state index in [0.717, 1.165) is 5.56 Å². The molecule has 3 aromatic rings. The number of rotatable bonds is 2. The molecule has 0 unspecified atom stereocenters. The molecule has 0 saturated carbocycles. The molecule has 0 radical (unpaired) electrons. The SMILES string of the molecule is O/N=C(\c1ccccc1)C1c2ccccc2-c2ccccc21. The summed E-state index contributed by atoms with van der Waals surface area (Å²) in [6.07, 6.45) is 0. The Morgan fingerprint density at radius 1 is 0.682 bits per heavy atom. The highest BCUT2D eigenvalue weighted by atomic mass is 16.4. The smallest absolute Gasteiger partial charge is 0.0986 e. The molecule has 1 N–H and O–H groups in total. The molecule has 3 aromatic carbocycles. The molecule has 1 aliphatic carbocycles. The van der Waals surface area contributed by atoms with Gasteiger partial charge in [-0.05, 0) is 22.3 Å². The van der Waals surface area contributed by atoms with Gasteiger partial charge in [-0.1, -0.05) is 84.0 Å². The van der Waals surface area contributed by atoms with Gasteiger partial charge >= 0.3 is 0 Å². The third-order valence-electron chi connectivity index (χ3n) is 4.28. The first kappa shape index (κ1) is 12.8. The highest BCUT2D eigenvalue weighted by Gasteiger charge is 2.32. The fourth-order valence-electron chi connectivity index (χ4n) is 3.34. The van der Waals surface area contributed by atoms with Crippen LogP contribution in [-0.4, -0.2) is 10.9 Å². The minimum absolute atomic E-state index is 0.0280. The van der Waals surface area contributed by atoms with Crippen molar-refractivity contribution in [2.45, 2.75) is 5.92 Å². The van der Waals surface area contributed by atoms with Gasteiger partial charge in [0.15, 0.2) is 0 Å². The van der Waals surface area contributed by atoms with Gasteiger partial charge in [-0.3, -0.25) is 0 Å². The molecule has 0 heterocycles. The number of fused-ring (bicyclic) bond motifs is 3. The summed E-state index contributed by atoms with van der Waals surface area (Å²) in [6.45, 7) is 0. The lowest BCUT2D eigenvalue weighted by Gasteiger charge is -2.15. The molecule has 2 nitrogen and oxygen atoms in total. The molecule has 0 aromatic heterocycles. The zero-order valence-corrected chi connectivity index (χ0v) is 12.0. The van der Waals surface area contributed by atoms with Crippen LogP contribution in [0.5, 0.6) is 0 Å².